The molecule has 5 nitrogen and oxygen atoms in total. The number of anilines is 3. The zero-order valence-corrected chi connectivity index (χ0v) is 12.8. The Hall–Kier alpha value is -1.86. The summed E-state index contributed by atoms with van der Waals surface area (Å²) in [6.45, 7) is 2.77. The molecule has 0 radical (unpaired) electrons. The van der Waals surface area contributed by atoms with Gasteiger partial charge in [0.2, 0.25) is 0 Å². The molecule has 112 valence electrons. The van der Waals surface area contributed by atoms with Gasteiger partial charge in [-0.3, -0.25) is 4.79 Å². The fraction of sp³-hybridized carbons (Fsp3) is 0.231. The summed E-state index contributed by atoms with van der Waals surface area (Å²) < 4.78 is 13.0. The standard InChI is InChI=1S/C13H14ClFN4OS/c1-2-5-17-13-19-11(16)10(21-13)12(20)18-9-4-3-7(15)6-8(9)14/h3-4,6H,2,5,16H2,1H3,(H,17,19)(H,18,20). The van der Waals surface area contributed by atoms with Crippen LogP contribution < -0.4 is 16.4 Å². The molecule has 0 aliphatic heterocycles. The number of hydrogen-bond acceptors (Lipinski definition) is 5. The van der Waals surface area contributed by atoms with E-state index in [2.05, 4.69) is 15.6 Å². The summed E-state index contributed by atoms with van der Waals surface area (Å²) in [4.78, 5) is 16.5. The van der Waals surface area contributed by atoms with Crippen LogP contribution in [0.1, 0.15) is 23.0 Å². The molecule has 0 unspecified atom stereocenters. The molecule has 4 N–H and O–H groups in total. The van der Waals surface area contributed by atoms with Gasteiger partial charge in [0.1, 0.15) is 16.5 Å². The highest BCUT2D eigenvalue weighted by atomic mass is 35.5. The molecule has 1 aromatic carbocycles. The molecule has 0 aliphatic carbocycles. The number of hydrogen-bond donors (Lipinski definition) is 3. The molecule has 2 aromatic rings. The highest BCUT2D eigenvalue weighted by molar-refractivity contribution is 7.18. The molecular weight excluding hydrogens is 315 g/mol. The maximum Gasteiger partial charge on any atom is 0.269 e. The van der Waals surface area contributed by atoms with Gasteiger partial charge >= 0.3 is 0 Å². The molecule has 0 saturated carbocycles. The van der Waals surface area contributed by atoms with Crippen molar-refractivity contribution in [3.05, 3.63) is 33.9 Å². The van der Waals surface area contributed by atoms with Crippen molar-refractivity contribution in [2.45, 2.75) is 13.3 Å². The summed E-state index contributed by atoms with van der Waals surface area (Å²) in [5, 5.41) is 6.36. The molecule has 1 heterocycles. The minimum Gasteiger partial charge on any atom is -0.382 e. The van der Waals surface area contributed by atoms with E-state index in [0.717, 1.165) is 30.4 Å². The van der Waals surface area contributed by atoms with Crippen LogP contribution in [0, 0.1) is 5.82 Å². The number of benzene rings is 1. The number of thiazole rings is 1. The van der Waals surface area contributed by atoms with Gasteiger partial charge in [0.05, 0.1) is 10.7 Å². The SMILES string of the molecule is CCCNc1nc(N)c(C(=O)Nc2ccc(F)cc2Cl)s1. The van der Waals surface area contributed by atoms with Gasteiger partial charge in [-0.2, -0.15) is 0 Å². The van der Waals surface area contributed by atoms with Crippen molar-refractivity contribution in [3.63, 3.8) is 0 Å². The smallest absolute Gasteiger partial charge is 0.269 e. The van der Waals surface area contributed by atoms with Crippen LogP contribution in [0.5, 0.6) is 0 Å². The van der Waals surface area contributed by atoms with Crippen LogP contribution in [-0.2, 0) is 0 Å². The zero-order valence-electron chi connectivity index (χ0n) is 11.2. The normalized spacial score (nSPS) is 10.4. The van der Waals surface area contributed by atoms with Crippen molar-refractivity contribution < 1.29 is 9.18 Å². The first-order valence-electron chi connectivity index (χ1n) is 6.27. The Morgan fingerprint density at radius 3 is 2.95 bits per heavy atom. The van der Waals surface area contributed by atoms with Gasteiger partial charge < -0.3 is 16.4 Å². The van der Waals surface area contributed by atoms with Crippen LogP contribution in [0.2, 0.25) is 5.02 Å². The van der Waals surface area contributed by atoms with E-state index in [1.165, 1.54) is 12.1 Å². The fourth-order valence-electron chi connectivity index (χ4n) is 1.57. The Bertz CT molecular complexity index is 662. The van der Waals surface area contributed by atoms with Crippen LogP contribution >= 0.6 is 22.9 Å². The van der Waals surface area contributed by atoms with Crippen LogP contribution in [0.4, 0.5) is 21.0 Å². The molecule has 0 fully saturated rings. The van der Waals surface area contributed by atoms with Crippen LogP contribution in [0.15, 0.2) is 18.2 Å². The second-order valence-corrected chi connectivity index (χ2v) is 5.64. The second-order valence-electron chi connectivity index (χ2n) is 4.24. The van der Waals surface area contributed by atoms with Gasteiger partial charge in [0.25, 0.3) is 5.91 Å². The van der Waals surface area contributed by atoms with Crippen molar-refractivity contribution in [3.8, 4) is 0 Å². The van der Waals surface area contributed by atoms with Gasteiger partial charge in [0, 0.05) is 6.54 Å². The first-order chi connectivity index (χ1) is 10.0. The molecule has 21 heavy (non-hydrogen) atoms. The first-order valence-corrected chi connectivity index (χ1v) is 7.47. The minimum atomic E-state index is -0.471. The summed E-state index contributed by atoms with van der Waals surface area (Å²) in [6.07, 6.45) is 0.937. The molecule has 2 rings (SSSR count). The van der Waals surface area contributed by atoms with E-state index in [9.17, 15) is 9.18 Å². The molecule has 1 aromatic heterocycles. The Balaban J connectivity index is 2.14. The Kier molecular flexibility index (Phi) is 4.98. The maximum atomic E-state index is 13.0. The van der Waals surface area contributed by atoms with Crippen molar-refractivity contribution in [1.82, 2.24) is 4.98 Å². The number of carbonyl (C=O) groups is 1. The number of nitrogens with zero attached hydrogens (tertiary/aromatic N) is 1. The van der Waals surface area contributed by atoms with Gasteiger partial charge in [-0.05, 0) is 24.6 Å². The van der Waals surface area contributed by atoms with E-state index in [-0.39, 0.29) is 15.7 Å². The lowest BCUT2D eigenvalue weighted by Crippen LogP contribution is -2.12. The maximum absolute atomic E-state index is 13.0. The average molecular weight is 329 g/mol. The minimum absolute atomic E-state index is 0.121. The molecule has 0 aliphatic rings. The lowest BCUT2D eigenvalue weighted by atomic mass is 10.3. The predicted octanol–water partition coefficient (Wildman–Crippen LogP) is 3.59. The zero-order chi connectivity index (χ0) is 15.4. The van der Waals surface area contributed by atoms with E-state index >= 15 is 0 Å². The van der Waals surface area contributed by atoms with Crippen molar-refractivity contribution in [2.24, 2.45) is 0 Å². The third kappa shape index (κ3) is 3.83. The third-order valence-corrected chi connectivity index (χ3v) is 3.91. The summed E-state index contributed by atoms with van der Waals surface area (Å²) >= 11 is 7.02. The van der Waals surface area contributed by atoms with Gasteiger partial charge in [-0.15, -0.1) is 0 Å². The Morgan fingerprint density at radius 2 is 2.29 bits per heavy atom. The molecule has 1 amide bonds. The van der Waals surface area contributed by atoms with E-state index in [1.807, 2.05) is 6.92 Å². The van der Waals surface area contributed by atoms with E-state index < -0.39 is 11.7 Å². The number of aromatic nitrogens is 1. The lowest BCUT2D eigenvalue weighted by molar-refractivity contribution is 0.103. The number of rotatable bonds is 5. The molecule has 0 atom stereocenters. The molecular formula is C13H14ClFN4OS. The molecule has 0 saturated heterocycles. The molecule has 8 heteroatoms. The number of amides is 1. The Morgan fingerprint density at radius 1 is 1.52 bits per heavy atom. The number of nitrogens with one attached hydrogen (secondary N) is 2. The molecule has 0 spiro atoms. The summed E-state index contributed by atoms with van der Waals surface area (Å²) in [7, 11) is 0. The van der Waals surface area contributed by atoms with Gasteiger partial charge in [-0.1, -0.05) is 29.9 Å². The van der Waals surface area contributed by atoms with Crippen LogP contribution in [0.3, 0.4) is 0 Å². The van der Waals surface area contributed by atoms with Crippen molar-refractivity contribution >= 4 is 45.5 Å². The monoisotopic (exact) mass is 328 g/mol. The number of carbonyl (C=O) groups excluding carboxylic acids is 1. The van der Waals surface area contributed by atoms with Crippen LogP contribution in [-0.4, -0.2) is 17.4 Å². The van der Waals surface area contributed by atoms with E-state index in [1.54, 1.807) is 0 Å². The summed E-state index contributed by atoms with van der Waals surface area (Å²) in [5.41, 5.74) is 6.05. The third-order valence-electron chi connectivity index (χ3n) is 2.57. The average Bonchev–Trinajstić information content (AvgIpc) is 2.81. The lowest BCUT2D eigenvalue weighted by Gasteiger charge is -2.06. The summed E-state index contributed by atoms with van der Waals surface area (Å²) in [6, 6.07) is 3.73. The largest absolute Gasteiger partial charge is 0.382 e. The van der Waals surface area contributed by atoms with E-state index in [4.69, 9.17) is 17.3 Å². The quantitative estimate of drug-likeness (QED) is 0.783. The topological polar surface area (TPSA) is 80.0 Å². The van der Waals surface area contributed by atoms with Crippen molar-refractivity contribution in [1.29, 1.82) is 0 Å². The predicted molar refractivity (Wildman–Crippen MR) is 84.7 cm³/mol. The first kappa shape index (κ1) is 15.5. The van der Waals surface area contributed by atoms with Crippen LogP contribution in [0.25, 0.3) is 0 Å². The number of halogens is 2. The van der Waals surface area contributed by atoms with Crippen molar-refractivity contribution in [2.75, 3.05) is 22.9 Å². The van der Waals surface area contributed by atoms with Gasteiger partial charge in [0.15, 0.2) is 5.13 Å². The number of nitrogens with two attached hydrogens (primary N) is 1. The highest BCUT2D eigenvalue weighted by Crippen LogP contribution is 2.28. The van der Waals surface area contributed by atoms with Gasteiger partial charge in [-0.25, -0.2) is 9.37 Å². The number of nitrogen functional groups attached to an aromatic ring is 1. The summed E-state index contributed by atoms with van der Waals surface area (Å²) in [5.74, 6) is -0.751. The highest BCUT2D eigenvalue weighted by Gasteiger charge is 2.17. The fourth-order valence-corrected chi connectivity index (χ4v) is 2.59. The van der Waals surface area contributed by atoms with E-state index in [0.29, 0.717) is 10.8 Å². The molecule has 0 bridgehead atoms. The Labute approximate surface area is 130 Å². The second kappa shape index (κ2) is 6.73.